The molecule has 0 fully saturated rings. The van der Waals surface area contributed by atoms with Crippen molar-refractivity contribution in [3.63, 3.8) is 0 Å². The molecule has 0 saturated carbocycles. The topological polar surface area (TPSA) is 44.3 Å². The van der Waals surface area contributed by atoms with Gasteiger partial charge in [0, 0.05) is 23.0 Å². The molecule has 0 heterocycles. The van der Waals surface area contributed by atoms with Gasteiger partial charge in [0.2, 0.25) is 0 Å². The smallest absolute Gasteiger partial charge is 0.124 e. The fraction of sp³-hybridized carbons (Fsp3) is 0.440. The average Bonchev–Trinajstić information content (AvgIpc) is 2.65. The maximum atomic E-state index is 9.82. The lowest BCUT2D eigenvalue weighted by molar-refractivity contribution is 0.474. The fourth-order valence-corrected chi connectivity index (χ4v) is 2.03. The molecule has 3 heteroatoms. The summed E-state index contributed by atoms with van der Waals surface area (Å²) in [6.45, 7) is 28.8. The van der Waals surface area contributed by atoms with Crippen molar-refractivity contribution in [3.8, 4) is 5.75 Å². The van der Waals surface area contributed by atoms with E-state index in [0.717, 1.165) is 35.0 Å². The number of benzene rings is 1. The molecule has 3 N–H and O–H groups in total. The number of phenols is 1. The van der Waals surface area contributed by atoms with E-state index >= 15 is 0 Å². The molecule has 0 bridgehead atoms. The van der Waals surface area contributed by atoms with Crippen LogP contribution in [0, 0.1) is 5.92 Å². The van der Waals surface area contributed by atoms with Gasteiger partial charge < -0.3 is 15.7 Å². The van der Waals surface area contributed by atoms with Crippen molar-refractivity contribution in [2.45, 2.75) is 55.4 Å². The molecular formula is C25H44N2O. The first kappa shape index (κ1) is 30.5. The standard InChI is InChI=1S/C16H19NO.C5H13N.2C2H6/c1-6-13-9-14(7-2)16(18)10-15(13)17-12(5)8-11(3)4;1-5(2)4-6-3;2*1-2/h6-10,17-18H,1-2,5H2,3-4H3;5-6H,4H2,1-3H3;2*1-2H3. The summed E-state index contributed by atoms with van der Waals surface area (Å²) in [7, 11) is 1.97. The van der Waals surface area contributed by atoms with Gasteiger partial charge in [-0.25, -0.2) is 0 Å². The summed E-state index contributed by atoms with van der Waals surface area (Å²) < 4.78 is 0. The van der Waals surface area contributed by atoms with Gasteiger partial charge in [0.05, 0.1) is 0 Å². The molecule has 0 aliphatic heterocycles. The van der Waals surface area contributed by atoms with E-state index in [1.165, 1.54) is 0 Å². The molecule has 1 aromatic carbocycles. The number of allylic oxidation sites excluding steroid dienone is 2. The molecule has 1 aromatic rings. The van der Waals surface area contributed by atoms with Gasteiger partial charge in [-0.3, -0.25) is 0 Å². The lowest BCUT2D eigenvalue weighted by Gasteiger charge is -2.12. The molecule has 1 rings (SSSR count). The van der Waals surface area contributed by atoms with Crippen LogP contribution in [0.1, 0.15) is 66.5 Å². The van der Waals surface area contributed by atoms with Crippen molar-refractivity contribution in [2.75, 3.05) is 18.9 Å². The Hall–Kier alpha value is -2.26. The number of phenolic OH excluding ortho intramolecular Hbond substituents is 1. The summed E-state index contributed by atoms with van der Waals surface area (Å²) in [5.74, 6) is 0.970. The SMILES string of the molecule is C=Cc1cc(C=C)c(NC(=C)C=C(C)C)cc1O.CC.CC.CNCC(C)C. The molecule has 0 unspecified atom stereocenters. The van der Waals surface area contributed by atoms with Gasteiger partial charge in [0.15, 0.2) is 0 Å². The normalized spacial score (nSPS) is 8.64. The number of hydrogen-bond donors (Lipinski definition) is 3. The van der Waals surface area contributed by atoms with Crippen LogP contribution in [0.15, 0.2) is 49.2 Å². The van der Waals surface area contributed by atoms with Crippen LogP contribution in [0.3, 0.4) is 0 Å². The quantitative estimate of drug-likeness (QED) is 0.424. The third-order valence-corrected chi connectivity index (χ3v) is 3.01. The zero-order chi connectivity index (χ0) is 22.7. The predicted octanol–water partition coefficient (Wildman–Crippen LogP) is 7.48. The highest BCUT2D eigenvalue weighted by atomic mass is 16.3. The summed E-state index contributed by atoms with van der Waals surface area (Å²) in [5.41, 5.74) is 4.27. The number of hydrogen-bond acceptors (Lipinski definition) is 3. The van der Waals surface area contributed by atoms with Gasteiger partial charge in [-0.05, 0) is 51.1 Å². The monoisotopic (exact) mass is 388 g/mol. The Labute approximate surface area is 175 Å². The first-order valence-corrected chi connectivity index (χ1v) is 10.1. The predicted molar refractivity (Wildman–Crippen MR) is 132 cm³/mol. The van der Waals surface area contributed by atoms with E-state index in [1.807, 2.05) is 60.7 Å². The minimum atomic E-state index is 0.183. The Bertz CT molecular complexity index is 595. The first-order chi connectivity index (χ1) is 13.2. The number of nitrogens with one attached hydrogen (secondary N) is 2. The van der Waals surface area contributed by atoms with E-state index in [-0.39, 0.29) is 5.75 Å². The maximum absolute atomic E-state index is 9.82. The largest absolute Gasteiger partial charge is 0.507 e. The Kier molecular flexibility index (Phi) is 21.2. The molecule has 0 spiro atoms. The van der Waals surface area contributed by atoms with Crippen LogP contribution in [-0.4, -0.2) is 18.7 Å². The second kappa shape index (κ2) is 19.5. The molecule has 3 nitrogen and oxygen atoms in total. The van der Waals surface area contributed by atoms with Crippen LogP contribution in [0.4, 0.5) is 5.69 Å². The number of rotatable bonds is 7. The average molecular weight is 389 g/mol. The fourth-order valence-electron chi connectivity index (χ4n) is 2.03. The van der Waals surface area contributed by atoms with Gasteiger partial charge in [-0.15, -0.1) is 0 Å². The minimum Gasteiger partial charge on any atom is -0.507 e. The molecule has 28 heavy (non-hydrogen) atoms. The summed E-state index contributed by atoms with van der Waals surface area (Å²) in [6, 6.07) is 3.48. The van der Waals surface area contributed by atoms with Crippen molar-refractivity contribution in [2.24, 2.45) is 5.92 Å². The van der Waals surface area contributed by atoms with Crippen molar-refractivity contribution >= 4 is 17.8 Å². The van der Waals surface area contributed by atoms with E-state index in [1.54, 1.807) is 18.2 Å². The van der Waals surface area contributed by atoms with Gasteiger partial charge in [0.1, 0.15) is 5.75 Å². The minimum absolute atomic E-state index is 0.183. The van der Waals surface area contributed by atoms with E-state index in [9.17, 15) is 5.11 Å². The van der Waals surface area contributed by atoms with Crippen molar-refractivity contribution < 1.29 is 5.11 Å². The first-order valence-electron chi connectivity index (χ1n) is 10.1. The van der Waals surface area contributed by atoms with Gasteiger partial charge >= 0.3 is 0 Å². The third kappa shape index (κ3) is 14.9. The summed E-state index contributed by atoms with van der Waals surface area (Å²) in [5, 5.41) is 16.0. The Morgan fingerprint density at radius 2 is 1.54 bits per heavy atom. The molecule has 0 aliphatic rings. The van der Waals surface area contributed by atoms with Crippen LogP contribution in [0.2, 0.25) is 0 Å². The zero-order valence-corrected chi connectivity index (χ0v) is 19.7. The van der Waals surface area contributed by atoms with Gasteiger partial charge in [-0.2, -0.15) is 0 Å². The highest BCUT2D eigenvalue weighted by molar-refractivity contribution is 5.74. The second-order valence-corrected chi connectivity index (χ2v) is 6.23. The highest BCUT2D eigenvalue weighted by Crippen LogP contribution is 2.29. The Morgan fingerprint density at radius 1 is 1.04 bits per heavy atom. The molecule has 0 aromatic heterocycles. The van der Waals surface area contributed by atoms with E-state index < -0.39 is 0 Å². The maximum Gasteiger partial charge on any atom is 0.124 e. The number of anilines is 1. The highest BCUT2D eigenvalue weighted by Gasteiger charge is 2.05. The molecule has 160 valence electrons. The van der Waals surface area contributed by atoms with Crippen LogP contribution in [0.5, 0.6) is 5.75 Å². The van der Waals surface area contributed by atoms with Gasteiger partial charge in [0.25, 0.3) is 0 Å². The van der Waals surface area contributed by atoms with Crippen LogP contribution in [0.25, 0.3) is 12.2 Å². The Balaban J connectivity index is -0.000000526. The van der Waals surface area contributed by atoms with E-state index in [2.05, 4.69) is 44.2 Å². The molecule has 0 radical (unpaired) electrons. The second-order valence-electron chi connectivity index (χ2n) is 6.23. The van der Waals surface area contributed by atoms with Gasteiger partial charge in [-0.1, -0.05) is 79.0 Å². The van der Waals surface area contributed by atoms with E-state index in [0.29, 0.717) is 5.56 Å². The summed E-state index contributed by atoms with van der Waals surface area (Å²) in [4.78, 5) is 0. The third-order valence-electron chi connectivity index (χ3n) is 3.01. The van der Waals surface area contributed by atoms with Crippen LogP contribution in [-0.2, 0) is 0 Å². The zero-order valence-electron chi connectivity index (χ0n) is 19.7. The van der Waals surface area contributed by atoms with E-state index in [4.69, 9.17) is 0 Å². The van der Waals surface area contributed by atoms with Crippen LogP contribution >= 0.6 is 0 Å². The van der Waals surface area contributed by atoms with Crippen molar-refractivity contribution in [3.05, 3.63) is 60.3 Å². The molecule has 0 atom stereocenters. The molecule has 0 amide bonds. The Morgan fingerprint density at radius 3 is 1.86 bits per heavy atom. The van der Waals surface area contributed by atoms with Crippen molar-refractivity contribution in [1.82, 2.24) is 5.32 Å². The summed E-state index contributed by atoms with van der Waals surface area (Å²) in [6.07, 6.45) is 5.27. The lowest BCUT2D eigenvalue weighted by atomic mass is 10.1. The lowest BCUT2D eigenvalue weighted by Crippen LogP contribution is -2.12. The van der Waals surface area contributed by atoms with Crippen molar-refractivity contribution in [1.29, 1.82) is 0 Å². The molecular weight excluding hydrogens is 344 g/mol. The van der Waals surface area contributed by atoms with Crippen LogP contribution < -0.4 is 10.6 Å². The molecule has 0 aliphatic carbocycles. The number of aromatic hydroxyl groups is 1. The summed E-state index contributed by atoms with van der Waals surface area (Å²) >= 11 is 0. The molecule has 0 saturated heterocycles.